The van der Waals surface area contributed by atoms with Gasteiger partial charge >= 0.3 is 0 Å². The first kappa shape index (κ1) is 15.4. The molecular formula is C15H10BrF3N2. The lowest BCUT2D eigenvalue weighted by Gasteiger charge is -2.12. The molecule has 0 radical (unpaired) electrons. The second-order valence-electron chi connectivity index (χ2n) is 4.47. The van der Waals surface area contributed by atoms with Gasteiger partial charge in [0, 0.05) is 17.8 Å². The first-order valence-corrected chi connectivity index (χ1v) is 6.79. The third-order valence-corrected chi connectivity index (χ3v) is 3.60. The molecule has 0 heterocycles. The SMILES string of the molecule is Cc1cc(Br)c(F)cc1NCc1c(F)cc(C#N)cc1F. The smallest absolute Gasteiger partial charge is 0.139 e. The number of halogens is 4. The molecule has 0 aliphatic rings. The number of aryl methyl sites for hydroxylation is 1. The molecule has 21 heavy (non-hydrogen) atoms. The zero-order valence-corrected chi connectivity index (χ0v) is 12.6. The van der Waals surface area contributed by atoms with Crippen LogP contribution < -0.4 is 5.32 Å². The maximum atomic E-state index is 13.7. The molecule has 108 valence electrons. The van der Waals surface area contributed by atoms with Gasteiger partial charge in [-0.2, -0.15) is 5.26 Å². The summed E-state index contributed by atoms with van der Waals surface area (Å²) in [4.78, 5) is 0. The summed E-state index contributed by atoms with van der Waals surface area (Å²) in [7, 11) is 0. The molecular weight excluding hydrogens is 345 g/mol. The lowest BCUT2D eigenvalue weighted by Crippen LogP contribution is -2.06. The van der Waals surface area contributed by atoms with Crippen molar-refractivity contribution in [2.24, 2.45) is 0 Å². The second kappa shape index (κ2) is 6.19. The molecule has 0 unspecified atom stereocenters. The molecule has 0 bridgehead atoms. The van der Waals surface area contributed by atoms with Gasteiger partial charge in [0.05, 0.1) is 16.1 Å². The highest BCUT2D eigenvalue weighted by Crippen LogP contribution is 2.25. The molecule has 2 rings (SSSR count). The van der Waals surface area contributed by atoms with E-state index in [1.807, 2.05) is 0 Å². The summed E-state index contributed by atoms with van der Waals surface area (Å²) in [5.74, 6) is -2.09. The van der Waals surface area contributed by atoms with Crippen LogP contribution >= 0.6 is 15.9 Å². The molecule has 0 fully saturated rings. The Morgan fingerprint density at radius 2 is 1.71 bits per heavy atom. The zero-order chi connectivity index (χ0) is 15.6. The number of nitriles is 1. The fourth-order valence-electron chi connectivity index (χ4n) is 1.86. The minimum Gasteiger partial charge on any atom is -0.380 e. The molecule has 1 N–H and O–H groups in total. The Balaban J connectivity index is 2.25. The molecule has 6 heteroatoms. The molecule has 0 atom stereocenters. The Morgan fingerprint density at radius 3 is 2.29 bits per heavy atom. The van der Waals surface area contributed by atoms with Crippen molar-refractivity contribution in [3.63, 3.8) is 0 Å². The number of hydrogen-bond acceptors (Lipinski definition) is 2. The molecule has 0 aliphatic carbocycles. The van der Waals surface area contributed by atoms with Crippen LogP contribution in [0.5, 0.6) is 0 Å². The molecule has 2 aromatic carbocycles. The molecule has 0 saturated carbocycles. The van der Waals surface area contributed by atoms with Crippen molar-refractivity contribution in [2.45, 2.75) is 13.5 Å². The van der Waals surface area contributed by atoms with Crippen LogP contribution in [0.3, 0.4) is 0 Å². The van der Waals surface area contributed by atoms with E-state index in [-0.39, 0.29) is 17.7 Å². The summed E-state index contributed by atoms with van der Waals surface area (Å²) in [6.07, 6.45) is 0. The van der Waals surface area contributed by atoms with E-state index in [1.54, 1.807) is 19.1 Å². The monoisotopic (exact) mass is 354 g/mol. The number of hydrogen-bond donors (Lipinski definition) is 1. The van der Waals surface area contributed by atoms with Gasteiger partial charge in [0.15, 0.2) is 0 Å². The molecule has 0 saturated heterocycles. The summed E-state index contributed by atoms with van der Waals surface area (Å²) in [6.45, 7) is 1.60. The second-order valence-corrected chi connectivity index (χ2v) is 5.32. The van der Waals surface area contributed by atoms with E-state index in [0.717, 1.165) is 17.7 Å². The summed E-state index contributed by atoms with van der Waals surface area (Å²) in [5, 5.41) is 11.4. The molecule has 0 amide bonds. The minimum atomic E-state index is -0.811. The maximum Gasteiger partial charge on any atom is 0.139 e. The summed E-state index contributed by atoms with van der Waals surface area (Å²) in [5.41, 5.74) is 0.896. The topological polar surface area (TPSA) is 35.8 Å². The third kappa shape index (κ3) is 3.37. The van der Waals surface area contributed by atoms with Crippen molar-refractivity contribution < 1.29 is 13.2 Å². The summed E-state index contributed by atoms with van der Waals surface area (Å²) < 4.78 is 41.3. The van der Waals surface area contributed by atoms with Crippen LogP contribution in [0.2, 0.25) is 0 Å². The fourth-order valence-corrected chi connectivity index (χ4v) is 2.31. The molecule has 0 aliphatic heterocycles. The van der Waals surface area contributed by atoms with E-state index in [9.17, 15) is 13.2 Å². The Bertz CT molecular complexity index is 715. The maximum absolute atomic E-state index is 13.7. The van der Waals surface area contributed by atoms with Crippen molar-refractivity contribution in [1.29, 1.82) is 5.26 Å². The molecule has 2 aromatic rings. The zero-order valence-electron chi connectivity index (χ0n) is 11.0. The van der Waals surface area contributed by atoms with Crippen LogP contribution in [0, 0.1) is 35.7 Å². The highest BCUT2D eigenvalue weighted by Gasteiger charge is 2.12. The minimum absolute atomic E-state index is 0.0837. The van der Waals surface area contributed by atoms with Gasteiger partial charge in [-0.25, -0.2) is 13.2 Å². The normalized spacial score (nSPS) is 10.3. The third-order valence-electron chi connectivity index (χ3n) is 2.99. The molecule has 0 aromatic heterocycles. The Kier molecular flexibility index (Phi) is 4.53. The van der Waals surface area contributed by atoms with E-state index in [2.05, 4.69) is 21.2 Å². The summed E-state index contributed by atoms with van der Waals surface area (Å²) >= 11 is 3.06. The van der Waals surface area contributed by atoms with Gasteiger partial charge in [0.2, 0.25) is 0 Å². The Morgan fingerprint density at radius 1 is 1.10 bits per heavy atom. The largest absolute Gasteiger partial charge is 0.380 e. The van der Waals surface area contributed by atoms with Crippen molar-refractivity contribution in [3.05, 3.63) is 62.9 Å². The van der Waals surface area contributed by atoms with Crippen molar-refractivity contribution in [2.75, 3.05) is 5.32 Å². The van der Waals surface area contributed by atoms with Crippen LogP contribution in [-0.2, 0) is 6.54 Å². The van der Waals surface area contributed by atoms with E-state index >= 15 is 0 Å². The van der Waals surface area contributed by atoms with Crippen LogP contribution in [0.25, 0.3) is 0 Å². The van der Waals surface area contributed by atoms with E-state index < -0.39 is 17.5 Å². The van der Waals surface area contributed by atoms with Crippen molar-refractivity contribution in [3.8, 4) is 6.07 Å². The fraction of sp³-hybridized carbons (Fsp3) is 0.133. The van der Waals surface area contributed by atoms with E-state index in [4.69, 9.17) is 5.26 Å². The van der Waals surface area contributed by atoms with E-state index in [1.165, 1.54) is 6.07 Å². The first-order valence-electron chi connectivity index (χ1n) is 6.00. The number of benzene rings is 2. The van der Waals surface area contributed by atoms with Crippen LogP contribution in [0.15, 0.2) is 28.7 Å². The Hall–Kier alpha value is -2.00. The standard InChI is InChI=1S/C15H10BrF3N2/c1-8-2-11(16)14(19)5-15(8)21-7-10-12(17)3-9(6-20)4-13(10)18/h2-5,21H,7H2,1H3. The molecule has 0 spiro atoms. The van der Waals surface area contributed by atoms with Crippen LogP contribution in [0.4, 0.5) is 18.9 Å². The number of nitrogens with one attached hydrogen (secondary N) is 1. The Labute approximate surface area is 128 Å². The average Bonchev–Trinajstić information content (AvgIpc) is 2.42. The lowest BCUT2D eigenvalue weighted by atomic mass is 10.1. The van der Waals surface area contributed by atoms with Gasteiger partial charge in [-0.15, -0.1) is 0 Å². The number of anilines is 1. The van der Waals surface area contributed by atoms with Gasteiger partial charge in [-0.3, -0.25) is 0 Å². The quantitative estimate of drug-likeness (QED) is 0.869. The van der Waals surface area contributed by atoms with Gasteiger partial charge < -0.3 is 5.32 Å². The summed E-state index contributed by atoms with van der Waals surface area (Å²) in [6, 6.07) is 6.43. The highest BCUT2D eigenvalue weighted by molar-refractivity contribution is 9.10. The number of nitrogens with zero attached hydrogens (tertiary/aromatic N) is 1. The van der Waals surface area contributed by atoms with Crippen molar-refractivity contribution in [1.82, 2.24) is 0 Å². The van der Waals surface area contributed by atoms with E-state index in [0.29, 0.717) is 10.2 Å². The molecule has 2 nitrogen and oxygen atoms in total. The van der Waals surface area contributed by atoms with Gasteiger partial charge in [-0.05, 0) is 52.7 Å². The lowest BCUT2D eigenvalue weighted by molar-refractivity contribution is 0.559. The predicted molar refractivity (Wildman–Crippen MR) is 77.2 cm³/mol. The van der Waals surface area contributed by atoms with Gasteiger partial charge in [0.1, 0.15) is 17.5 Å². The predicted octanol–water partition coefficient (Wildman–Crippen LogP) is 4.66. The van der Waals surface area contributed by atoms with Crippen LogP contribution in [-0.4, -0.2) is 0 Å². The van der Waals surface area contributed by atoms with Gasteiger partial charge in [0.25, 0.3) is 0 Å². The average molecular weight is 355 g/mol. The highest BCUT2D eigenvalue weighted by atomic mass is 79.9. The van der Waals surface area contributed by atoms with Crippen LogP contribution in [0.1, 0.15) is 16.7 Å². The van der Waals surface area contributed by atoms with Crippen molar-refractivity contribution >= 4 is 21.6 Å². The number of rotatable bonds is 3. The van der Waals surface area contributed by atoms with Gasteiger partial charge in [-0.1, -0.05) is 0 Å². The first-order chi connectivity index (χ1) is 9.92.